The van der Waals surface area contributed by atoms with Crippen molar-refractivity contribution in [2.24, 2.45) is 0 Å². The lowest BCUT2D eigenvalue weighted by Crippen LogP contribution is -2.25. The molecule has 4 aromatic carbocycles. The molecule has 0 atom stereocenters. The molecule has 0 saturated carbocycles. The summed E-state index contributed by atoms with van der Waals surface area (Å²) in [6.07, 6.45) is 10.8. The van der Waals surface area contributed by atoms with E-state index in [-0.39, 0.29) is 18.6 Å². The van der Waals surface area contributed by atoms with Gasteiger partial charge in [-0.3, -0.25) is 0 Å². The highest BCUT2D eigenvalue weighted by molar-refractivity contribution is 9.10. The van der Waals surface area contributed by atoms with Crippen molar-refractivity contribution in [2.45, 2.75) is 95.3 Å². The van der Waals surface area contributed by atoms with Gasteiger partial charge in [-0.05, 0) is 72.2 Å². The zero-order valence-corrected chi connectivity index (χ0v) is 32.8. The molecule has 0 aliphatic heterocycles. The Labute approximate surface area is 329 Å². The number of benzene rings is 4. The molecule has 55 heavy (non-hydrogen) atoms. The summed E-state index contributed by atoms with van der Waals surface area (Å²) < 4.78 is 148. The molecule has 0 amide bonds. The number of fused-ring (bicyclic) bond motifs is 3. The van der Waals surface area contributed by atoms with Crippen molar-refractivity contribution < 1.29 is 53.4 Å². The van der Waals surface area contributed by atoms with Crippen molar-refractivity contribution in [3.8, 4) is 22.6 Å². The van der Waals surface area contributed by atoms with Crippen LogP contribution in [0.25, 0.3) is 11.1 Å². The fraction of sp³-hybridized carbons (Fsp3) is 0.415. The molecule has 0 radical (unpaired) electrons. The van der Waals surface area contributed by atoms with Crippen LogP contribution < -0.4 is 9.47 Å². The van der Waals surface area contributed by atoms with Crippen molar-refractivity contribution in [1.82, 2.24) is 0 Å². The van der Waals surface area contributed by atoms with Crippen molar-refractivity contribution >= 4 is 31.9 Å². The Morgan fingerprint density at radius 2 is 0.673 bits per heavy atom. The molecule has 4 aromatic rings. The summed E-state index contributed by atoms with van der Waals surface area (Å²) in [4.78, 5) is 0. The van der Waals surface area contributed by atoms with E-state index in [4.69, 9.17) is 9.47 Å². The lowest BCUT2D eigenvalue weighted by Gasteiger charge is -2.33. The molecule has 0 N–H and O–H groups in total. The molecule has 0 heterocycles. The predicted molar refractivity (Wildman–Crippen MR) is 196 cm³/mol. The summed E-state index contributed by atoms with van der Waals surface area (Å²) in [5.74, 6) is -23.1. The van der Waals surface area contributed by atoms with Gasteiger partial charge in [0.05, 0.1) is 13.2 Å². The van der Waals surface area contributed by atoms with E-state index in [1.807, 2.05) is 12.1 Å². The molecule has 0 bridgehead atoms. The fourth-order valence-electron chi connectivity index (χ4n) is 7.35. The molecule has 0 unspecified atom stereocenters. The van der Waals surface area contributed by atoms with Gasteiger partial charge in [0.15, 0.2) is 11.5 Å². The highest BCUT2D eigenvalue weighted by atomic mass is 79.9. The molecule has 0 saturated heterocycles. The first-order chi connectivity index (χ1) is 26.3. The zero-order chi connectivity index (χ0) is 39.9. The average molecular weight is 913 g/mol. The number of ether oxygens (including phenoxy) is 2. The van der Waals surface area contributed by atoms with Gasteiger partial charge in [-0.2, -0.15) is 17.6 Å². The van der Waals surface area contributed by atoms with Crippen LogP contribution in [0, 0.1) is 58.2 Å². The van der Waals surface area contributed by atoms with Gasteiger partial charge in [0.25, 0.3) is 0 Å². The van der Waals surface area contributed by atoms with E-state index in [1.165, 1.54) is 22.3 Å². The number of unbranched alkanes of at least 4 members (excludes halogenated alkanes) is 10. The maximum atomic E-state index is 13.9. The van der Waals surface area contributed by atoms with E-state index in [0.717, 1.165) is 73.2 Å². The minimum Gasteiger partial charge on any atom is -0.487 e. The smallest absolute Gasteiger partial charge is 0.206 e. The Morgan fingerprint density at radius 1 is 0.382 bits per heavy atom. The van der Waals surface area contributed by atoms with Gasteiger partial charge in [0, 0.05) is 14.4 Å². The van der Waals surface area contributed by atoms with Gasteiger partial charge in [-0.1, -0.05) is 108 Å². The Bertz CT molecular complexity index is 1790. The monoisotopic (exact) mass is 910 g/mol. The minimum absolute atomic E-state index is 0.190. The summed E-state index contributed by atoms with van der Waals surface area (Å²) in [5.41, 5.74) is 4.64. The van der Waals surface area contributed by atoms with Gasteiger partial charge in [0.1, 0.15) is 0 Å². The normalized spacial score (nSPS) is 12.9. The van der Waals surface area contributed by atoms with Crippen LogP contribution in [0.3, 0.4) is 0 Å². The number of rotatable bonds is 20. The third-order valence-electron chi connectivity index (χ3n) is 10.1. The third-order valence-corrected chi connectivity index (χ3v) is 11.1. The second-order valence-electron chi connectivity index (χ2n) is 13.7. The summed E-state index contributed by atoms with van der Waals surface area (Å²) >= 11 is 7.33. The molecular weight excluding hydrogens is 874 g/mol. The van der Waals surface area contributed by atoms with Crippen LogP contribution in [0.15, 0.2) is 45.3 Å². The maximum Gasteiger partial charge on any atom is 0.206 e. The first-order valence-electron chi connectivity index (χ1n) is 18.2. The van der Waals surface area contributed by atoms with Gasteiger partial charge >= 0.3 is 0 Å². The predicted octanol–water partition coefficient (Wildman–Crippen LogP) is 14.5. The quantitative estimate of drug-likeness (QED) is 0.0381. The van der Waals surface area contributed by atoms with E-state index in [0.29, 0.717) is 25.7 Å². The van der Waals surface area contributed by atoms with Crippen molar-refractivity contribution in [3.63, 3.8) is 0 Å². The zero-order valence-electron chi connectivity index (χ0n) is 29.6. The molecule has 1 aliphatic rings. The molecule has 298 valence electrons. The molecule has 5 rings (SSSR count). The fourth-order valence-corrected chi connectivity index (χ4v) is 8.07. The number of halogens is 12. The molecule has 0 aromatic heterocycles. The van der Waals surface area contributed by atoms with Gasteiger partial charge < -0.3 is 9.47 Å². The van der Waals surface area contributed by atoms with Crippen LogP contribution in [-0.2, 0) is 5.41 Å². The Kier molecular flexibility index (Phi) is 15.0. The SMILES string of the molecule is Fc1c(F)c(F)c(OCCCCCCCCC2(CCCCCCCCOc3c(F)c(F)c(F)c(F)c3F)c3cc(Br)ccc3-c3ccc(Br)cc32)c(F)c1F. The second-order valence-corrected chi connectivity index (χ2v) is 15.5. The summed E-state index contributed by atoms with van der Waals surface area (Å²) in [6, 6.07) is 12.7. The average Bonchev–Trinajstić information content (AvgIpc) is 3.43. The summed E-state index contributed by atoms with van der Waals surface area (Å²) in [6.45, 7) is -0.379. The van der Waals surface area contributed by atoms with Crippen LogP contribution in [-0.4, -0.2) is 13.2 Å². The van der Waals surface area contributed by atoms with Gasteiger partial charge in [-0.25, -0.2) is 26.3 Å². The highest BCUT2D eigenvalue weighted by Crippen LogP contribution is 2.55. The lowest BCUT2D eigenvalue weighted by molar-refractivity contribution is 0.255. The van der Waals surface area contributed by atoms with E-state index in [9.17, 15) is 43.9 Å². The maximum absolute atomic E-state index is 13.9. The van der Waals surface area contributed by atoms with E-state index >= 15 is 0 Å². The Balaban J connectivity index is 1.11. The van der Waals surface area contributed by atoms with Crippen molar-refractivity contribution in [1.29, 1.82) is 0 Å². The van der Waals surface area contributed by atoms with Crippen LogP contribution in [0.4, 0.5) is 43.9 Å². The van der Waals surface area contributed by atoms with Crippen LogP contribution in [0.5, 0.6) is 11.5 Å². The molecule has 0 fully saturated rings. The molecular formula is C41H38Br2F10O2. The lowest BCUT2D eigenvalue weighted by atomic mass is 9.70. The molecule has 0 spiro atoms. The first-order valence-corrected chi connectivity index (χ1v) is 19.8. The first kappa shape index (κ1) is 42.9. The largest absolute Gasteiger partial charge is 0.487 e. The number of hydrogen-bond acceptors (Lipinski definition) is 2. The Hall–Kier alpha value is -3.26. The van der Waals surface area contributed by atoms with Crippen LogP contribution in [0.1, 0.15) is 101 Å². The van der Waals surface area contributed by atoms with Crippen molar-refractivity contribution in [3.05, 3.63) is 115 Å². The van der Waals surface area contributed by atoms with Crippen LogP contribution >= 0.6 is 31.9 Å². The highest BCUT2D eigenvalue weighted by Gasteiger charge is 2.42. The number of hydrogen-bond donors (Lipinski definition) is 0. The van der Waals surface area contributed by atoms with E-state index in [2.05, 4.69) is 56.1 Å². The molecule has 2 nitrogen and oxygen atoms in total. The minimum atomic E-state index is -2.23. The second kappa shape index (κ2) is 19.3. The van der Waals surface area contributed by atoms with Crippen molar-refractivity contribution in [2.75, 3.05) is 13.2 Å². The standard InChI is InChI=1S/C41H38Br2F10O2/c42-23-13-15-25-26-16-14-24(43)22-28(26)41(27(25)21-23,17-9-5-1-3-7-11-19-54-39-35(50)31(46)29(44)32(47)36(39)51)18-10-6-2-4-8-12-20-55-40-37(52)33(48)30(45)34(49)38(40)53/h13-16,21-22H,1-12,17-20H2. The van der Waals surface area contributed by atoms with E-state index < -0.39 is 69.7 Å². The summed E-state index contributed by atoms with van der Waals surface area (Å²) in [7, 11) is 0. The molecule has 1 aliphatic carbocycles. The summed E-state index contributed by atoms with van der Waals surface area (Å²) in [5, 5.41) is 0. The van der Waals surface area contributed by atoms with E-state index in [1.54, 1.807) is 0 Å². The van der Waals surface area contributed by atoms with Gasteiger partial charge in [-0.15, -0.1) is 0 Å². The topological polar surface area (TPSA) is 18.5 Å². The van der Waals surface area contributed by atoms with Gasteiger partial charge in [0.2, 0.25) is 58.2 Å². The third kappa shape index (κ3) is 9.48. The van der Waals surface area contributed by atoms with Crippen LogP contribution in [0.2, 0.25) is 0 Å². The molecule has 14 heteroatoms. The Morgan fingerprint density at radius 3 is 1.02 bits per heavy atom.